The van der Waals surface area contributed by atoms with Crippen LogP contribution >= 0.6 is 15.6 Å². The minimum Gasteiger partial charge on any atom is -0.463 e. The average molecular weight is 1590 g/mol. The van der Waals surface area contributed by atoms with Crippen molar-refractivity contribution in [2.45, 2.75) is 373 Å². The second-order valence-electron chi connectivity index (χ2n) is 28.9. The summed E-state index contributed by atoms with van der Waals surface area (Å²) >= 11 is 0. The lowest BCUT2D eigenvalue weighted by molar-refractivity contribution is -0.161. The van der Waals surface area contributed by atoms with Gasteiger partial charge in [0.25, 0.3) is 0 Å². The maximum Gasteiger partial charge on any atom is 0.472 e. The summed E-state index contributed by atoms with van der Waals surface area (Å²) < 4.78 is 61.3. The van der Waals surface area contributed by atoms with E-state index in [1.807, 2.05) is 0 Å². The summed E-state index contributed by atoms with van der Waals surface area (Å²) in [6.45, 7) is 2.43. The van der Waals surface area contributed by atoms with Crippen LogP contribution in [-0.4, -0.2) is 95.9 Å². The molecule has 0 aromatic heterocycles. The quantitative estimate of drug-likeness (QED) is 0.0146. The topological polar surface area (TPSA) is 231 Å². The van der Waals surface area contributed by atoms with Crippen molar-refractivity contribution >= 4 is 33.6 Å². The molecule has 0 bridgehead atoms. The first kappa shape index (κ1) is 106. The lowest BCUT2D eigenvalue weighted by Crippen LogP contribution is -2.30. The molecule has 18 heteroatoms. The van der Waals surface area contributed by atoms with Crippen LogP contribution in [-0.2, 0) is 55.8 Å². The molecule has 0 aliphatic heterocycles. The van der Waals surface area contributed by atoms with Gasteiger partial charge < -0.3 is 34.2 Å². The summed E-state index contributed by atoms with van der Waals surface area (Å²) in [5, 5.41) is 20.7. The molecule has 0 aromatic carbocycles. The average Bonchev–Trinajstić information content (AvgIpc) is 0.901. The number of allylic oxidation sites excluding steroid dienone is 26. The van der Waals surface area contributed by atoms with Gasteiger partial charge in [0.05, 0.1) is 26.4 Å². The molecule has 0 saturated carbocycles. The van der Waals surface area contributed by atoms with Gasteiger partial charge >= 0.3 is 33.6 Å². The molecule has 0 amide bonds. The lowest BCUT2D eigenvalue weighted by Gasteiger charge is -2.21. The highest BCUT2D eigenvalue weighted by Gasteiger charge is 2.29. The number of phosphoric ester groups is 2. The molecule has 16 nitrogen and oxygen atoms in total. The number of phosphoric acid groups is 2. The molecule has 0 spiro atoms. The number of rotatable bonds is 82. The van der Waals surface area contributed by atoms with E-state index in [9.17, 15) is 43.5 Å². The molecular formula is C93H158O16P2. The summed E-state index contributed by atoms with van der Waals surface area (Å²) in [5.74, 6) is -1.59. The first-order valence-electron chi connectivity index (χ1n) is 43.8. The number of hydrogen-bond acceptors (Lipinski definition) is 14. The number of ether oxygens (including phenoxy) is 3. The normalized spacial score (nSPS) is 14.6. The van der Waals surface area contributed by atoms with E-state index >= 15 is 0 Å². The van der Waals surface area contributed by atoms with Crippen LogP contribution in [0.5, 0.6) is 0 Å². The van der Waals surface area contributed by atoms with Gasteiger partial charge in [-0.1, -0.05) is 346 Å². The predicted molar refractivity (Wildman–Crippen MR) is 463 cm³/mol. The Morgan fingerprint density at radius 3 is 0.757 bits per heavy atom. The van der Waals surface area contributed by atoms with Crippen molar-refractivity contribution in [3.05, 3.63) is 158 Å². The lowest BCUT2D eigenvalue weighted by atomic mass is 10.0. The minimum absolute atomic E-state index is 0.0876. The standard InChI is InChI=1S/C93H158O16P2/c1-4-7-10-13-16-19-22-25-28-31-33-35-37-38-39-40-41-42-43-44-45-46-47-48-50-52-53-56-58-61-64-67-70-73-76-79-91(96)103-82-88(94)83-105-110(99,100)106-84-89(95)85-107-111(101,102)108-87-90(109-93(98)81-78-75-72-69-66-63-60-55-30-27-24-21-18-15-12-9-6-3)86-104-92(97)80-77-74-71-68-65-62-59-57-54-51-49-36-34-32-29-26-23-20-17-14-11-8-5-2/h7,9-10,12,16-21,25-30,33-36,38-39,41-42,51,54,88-90,94-95H,4-6,8,11,13-15,22-24,31-32,37,40,43-50,52-53,55-87H2,1-3H3,(H,99,100)(H,101,102)/b10-7-,12-9-,19-16-,20-17-,21-18-,28-25-,29-26-,30-27-,35-33-,36-34-,39-38-,42-41-,54-51-. The Morgan fingerprint density at radius 2 is 0.477 bits per heavy atom. The van der Waals surface area contributed by atoms with E-state index in [4.69, 9.17) is 32.3 Å². The largest absolute Gasteiger partial charge is 0.472 e. The molecule has 5 atom stereocenters. The SMILES string of the molecule is CC/C=C\C/C=C\C/C=C\C/C=C\C/C=C\C/C=C\CCCCCCCCCCCCCCCCCCC(=O)OCC(O)COP(=O)(O)OCC(O)COP(=O)(O)OCC(COC(=O)CCCCCCCCC/C=C\C/C=C\C/C=C\C/C=C\CCCCC)OC(=O)CCCCCCCCC/C=C\C/C=C\C/C=C\CC. The van der Waals surface area contributed by atoms with Gasteiger partial charge in [-0.3, -0.25) is 32.5 Å². The van der Waals surface area contributed by atoms with Crippen LogP contribution < -0.4 is 0 Å². The molecule has 4 N–H and O–H groups in total. The monoisotopic (exact) mass is 1590 g/mol. The molecule has 0 radical (unpaired) electrons. The van der Waals surface area contributed by atoms with Gasteiger partial charge in [-0.15, -0.1) is 0 Å². The third-order valence-corrected chi connectivity index (χ3v) is 20.1. The van der Waals surface area contributed by atoms with E-state index in [0.717, 1.165) is 186 Å². The molecule has 0 aliphatic carbocycles. The van der Waals surface area contributed by atoms with Crippen LogP contribution in [0.3, 0.4) is 0 Å². The highest BCUT2D eigenvalue weighted by molar-refractivity contribution is 7.47. The van der Waals surface area contributed by atoms with Gasteiger partial charge in [0.2, 0.25) is 0 Å². The Hall–Kier alpha value is -4.83. The van der Waals surface area contributed by atoms with Crippen molar-refractivity contribution < 1.29 is 75.8 Å². The third kappa shape index (κ3) is 85.9. The zero-order valence-electron chi connectivity index (χ0n) is 69.8. The highest BCUT2D eigenvalue weighted by Crippen LogP contribution is 2.45. The zero-order valence-corrected chi connectivity index (χ0v) is 71.6. The van der Waals surface area contributed by atoms with Gasteiger partial charge in [-0.05, 0) is 148 Å². The van der Waals surface area contributed by atoms with Crippen molar-refractivity contribution in [1.82, 2.24) is 0 Å². The number of carbonyl (C=O) groups is 3. The minimum atomic E-state index is -4.94. The Bertz CT molecular complexity index is 2650. The zero-order chi connectivity index (χ0) is 80.8. The van der Waals surface area contributed by atoms with Crippen LogP contribution in [0.4, 0.5) is 0 Å². The predicted octanol–water partition coefficient (Wildman–Crippen LogP) is 26.5. The number of carbonyl (C=O) groups excluding carboxylic acids is 3. The van der Waals surface area contributed by atoms with E-state index in [2.05, 4.69) is 179 Å². The molecule has 0 heterocycles. The molecule has 636 valence electrons. The van der Waals surface area contributed by atoms with E-state index in [0.29, 0.717) is 19.3 Å². The molecule has 0 aliphatic rings. The number of hydrogen-bond donors (Lipinski definition) is 4. The van der Waals surface area contributed by atoms with Crippen molar-refractivity contribution in [1.29, 1.82) is 0 Å². The van der Waals surface area contributed by atoms with E-state index in [1.165, 1.54) is 109 Å². The van der Waals surface area contributed by atoms with Crippen LogP contribution in [0.1, 0.15) is 355 Å². The summed E-state index contributed by atoms with van der Waals surface area (Å²) in [5.41, 5.74) is 0. The molecule has 0 saturated heterocycles. The van der Waals surface area contributed by atoms with Gasteiger partial charge in [-0.2, -0.15) is 0 Å². The second-order valence-corrected chi connectivity index (χ2v) is 31.8. The van der Waals surface area contributed by atoms with E-state index < -0.39 is 91.5 Å². The van der Waals surface area contributed by atoms with Crippen LogP contribution in [0.25, 0.3) is 0 Å². The highest BCUT2D eigenvalue weighted by atomic mass is 31.2. The Kier molecular flexibility index (Phi) is 80.9. The first-order valence-corrected chi connectivity index (χ1v) is 46.8. The van der Waals surface area contributed by atoms with Crippen molar-refractivity contribution in [2.75, 3.05) is 39.6 Å². The molecule has 0 rings (SSSR count). The van der Waals surface area contributed by atoms with Gasteiger partial charge in [0.15, 0.2) is 6.10 Å². The van der Waals surface area contributed by atoms with Crippen LogP contribution in [0, 0.1) is 0 Å². The first-order chi connectivity index (χ1) is 54.2. The fourth-order valence-corrected chi connectivity index (χ4v) is 13.2. The molecular weight excluding hydrogens is 1430 g/mol. The van der Waals surface area contributed by atoms with Crippen molar-refractivity contribution in [3.8, 4) is 0 Å². The molecule has 0 fully saturated rings. The molecule has 5 unspecified atom stereocenters. The van der Waals surface area contributed by atoms with Crippen LogP contribution in [0.15, 0.2) is 158 Å². The number of unbranched alkanes of at least 4 members (excludes halogenated alkanes) is 33. The number of aliphatic hydroxyl groups is 2. The summed E-state index contributed by atoms with van der Waals surface area (Å²) in [7, 11) is -9.81. The third-order valence-electron chi connectivity index (χ3n) is 18.2. The number of aliphatic hydroxyl groups excluding tert-OH is 2. The van der Waals surface area contributed by atoms with E-state index in [1.54, 1.807) is 0 Å². The maximum atomic E-state index is 13.0. The van der Waals surface area contributed by atoms with Crippen LogP contribution in [0.2, 0.25) is 0 Å². The van der Waals surface area contributed by atoms with Crippen molar-refractivity contribution in [2.24, 2.45) is 0 Å². The summed E-state index contributed by atoms with van der Waals surface area (Å²) in [6, 6.07) is 0. The summed E-state index contributed by atoms with van der Waals surface area (Å²) in [4.78, 5) is 58.8. The van der Waals surface area contributed by atoms with E-state index in [-0.39, 0.29) is 19.3 Å². The Morgan fingerprint density at radius 1 is 0.261 bits per heavy atom. The molecule has 0 aromatic rings. The van der Waals surface area contributed by atoms with Gasteiger partial charge in [-0.25, -0.2) is 9.13 Å². The molecule has 111 heavy (non-hydrogen) atoms. The fraction of sp³-hybridized carbons (Fsp3) is 0.688. The summed E-state index contributed by atoms with van der Waals surface area (Å²) in [6.07, 6.45) is 107. The maximum absolute atomic E-state index is 13.0. The van der Waals surface area contributed by atoms with Crippen molar-refractivity contribution in [3.63, 3.8) is 0 Å². The smallest absolute Gasteiger partial charge is 0.463 e. The second kappa shape index (κ2) is 84.6. The number of esters is 3. The van der Waals surface area contributed by atoms with Gasteiger partial charge in [0.1, 0.15) is 25.4 Å². The Balaban J connectivity index is 4.48. The Labute approximate surface area is 676 Å². The fourth-order valence-electron chi connectivity index (χ4n) is 11.6. The van der Waals surface area contributed by atoms with Gasteiger partial charge in [0, 0.05) is 19.3 Å².